The standard InChI is InChI=1S/C21H28FN3O3S/c1-6-19(17-12-11-15(2)13-16(17)3)23-21(26)14-25(29(27,28)24(4)5)20-10-8-7-9-18(20)22/h7-13,19H,6,14H2,1-5H3,(H,23,26). The quantitative estimate of drug-likeness (QED) is 0.711. The third-order valence-corrected chi connectivity index (χ3v) is 6.50. The number of rotatable bonds is 8. The molecule has 0 saturated heterocycles. The first-order valence-electron chi connectivity index (χ1n) is 9.39. The summed E-state index contributed by atoms with van der Waals surface area (Å²) in [6.45, 7) is 5.38. The molecule has 0 aliphatic carbocycles. The van der Waals surface area contributed by atoms with Crippen molar-refractivity contribution in [3.8, 4) is 0 Å². The highest BCUT2D eigenvalue weighted by molar-refractivity contribution is 7.90. The zero-order valence-corrected chi connectivity index (χ0v) is 18.3. The number of halogens is 1. The third kappa shape index (κ3) is 5.33. The maximum Gasteiger partial charge on any atom is 0.304 e. The van der Waals surface area contributed by atoms with Gasteiger partial charge in [-0.1, -0.05) is 42.8 Å². The molecule has 1 N–H and O–H groups in total. The van der Waals surface area contributed by atoms with Crippen molar-refractivity contribution in [3.63, 3.8) is 0 Å². The molecule has 8 heteroatoms. The smallest absolute Gasteiger partial charge is 0.304 e. The summed E-state index contributed by atoms with van der Waals surface area (Å²) in [5, 5.41) is 2.89. The number of benzene rings is 2. The Bertz CT molecular complexity index is 977. The number of hydrogen-bond acceptors (Lipinski definition) is 3. The van der Waals surface area contributed by atoms with Gasteiger partial charge in [0.05, 0.1) is 11.7 Å². The van der Waals surface area contributed by atoms with Crippen LogP contribution in [0.4, 0.5) is 10.1 Å². The lowest BCUT2D eigenvalue weighted by Crippen LogP contribution is -2.46. The van der Waals surface area contributed by atoms with Gasteiger partial charge in [-0.3, -0.25) is 4.79 Å². The van der Waals surface area contributed by atoms with Crippen molar-refractivity contribution < 1.29 is 17.6 Å². The van der Waals surface area contributed by atoms with Gasteiger partial charge in [-0.05, 0) is 43.5 Å². The molecule has 0 aliphatic heterocycles. The molecule has 0 aliphatic rings. The van der Waals surface area contributed by atoms with E-state index in [1.165, 1.54) is 32.3 Å². The molecule has 2 aromatic rings. The number of amides is 1. The molecule has 2 aromatic carbocycles. The molecule has 158 valence electrons. The maximum atomic E-state index is 14.3. The fourth-order valence-electron chi connectivity index (χ4n) is 3.13. The first-order valence-corrected chi connectivity index (χ1v) is 10.8. The summed E-state index contributed by atoms with van der Waals surface area (Å²) in [5.41, 5.74) is 2.97. The Hall–Kier alpha value is -2.45. The van der Waals surface area contributed by atoms with Crippen molar-refractivity contribution >= 4 is 21.8 Å². The molecule has 0 radical (unpaired) electrons. The minimum absolute atomic E-state index is 0.170. The SMILES string of the molecule is CCC(NC(=O)CN(c1ccccc1F)S(=O)(=O)N(C)C)c1ccc(C)cc1C. The number of nitrogens with zero attached hydrogens (tertiary/aromatic N) is 2. The van der Waals surface area contributed by atoms with Crippen LogP contribution in [0.25, 0.3) is 0 Å². The first kappa shape index (κ1) is 22.8. The molecule has 1 atom stereocenters. The van der Waals surface area contributed by atoms with E-state index in [0.717, 1.165) is 31.4 Å². The number of aryl methyl sites for hydroxylation is 2. The second-order valence-corrected chi connectivity index (χ2v) is 9.20. The van der Waals surface area contributed by atoms with Crippen molar-refractivity contribution in [2.75, 3.05) is 24.9 Å². The highest BCUT2D eigenvalue weighted by Gasteiger charge is 2.30. The van der Waals surface area contributed by atoms with Crippen molar-refractivity contribution in [3.05, 3.63) is 65.0 Å². The van der Waals surface area contributed by atoms with Gasteiger partial charge in [-0.2, -0.15) is 12.7 Å². The summed E-state index contributed by atoms with van der Waals surface area (Å²) in [4.78, 5) is 12.8. The Morgan fingerprint density at radius 1 is 1.14 bits per heavy atom. The molecular formula is C21H28FN3O3S. The van der Waals surface area contributed by atoms with E-state index in [0.29, 0.717) is 6.42 Å². The van der Waals surface area contributed by atoms with Gasteiger partial charge in [-0.15, -0.1) is 0 Å². The van der Waals surface area contributed by atoms with Gasteiger partial charge in [0.15, 0.2) is 0 Å². The molecule has 0 saturated carbocycles. The van der Waals surface area contributed by atoms with Crippen LogP contribution in [-0.2, 0) is 15.0 Å². The Kier molecular flexibility index (Phi) is 7.37. The van der Waals surface area contributed by atoms with E-state index in [4.69, 9.17) is 0 Å². The van der Waals surface area contributed by atoms with Crippen LogP contribution in [0.5, 0.6) is 0 Å². The summed E-state index contributed by atoms with van der Waals surface area (Å²) in [6, 6.07) is 11.2. The Labute approximate surface area is 172 Å². The highest BCUT2D eigenvalue weighted by atomic mass is 32.2. The largest absolute Gasteiger partial charge is 0.348 e. The van der Waals surface area contributed by atoms with Crippen molar-refractivity contribution in [2.24, 2.45) is 0 Å². The average Bonchev–Trinajstić information content (AvgIpc) is 2.65. The molecule has 0 spiro atoms. The molecule has 0 aromatic heterocycles. The number of hydrogen-bond donors (Lipinski definition) is 1. The summed E-state index contributed by atoms with van der Waals surface area (Å²) in [5.74, 6) is -1.22. The predicted octanol–water partition coefficient (Wildman–Crippen LogP) is 3.32. The average molecular weight is 422 g/mol. The van der Waals surface area contributed by atoms with Crippen molar-refractivity contribution in [2.45, 2.75) is 33.2 Å². The molecule has 0 fully saturated rings. The van der Waals surface area contributed by atoms with E-state index in [1.54, 1.807) is 0 Å². The first-order chi connectivity index (χ1) is 13.6. The van der Waals surface area contributed by atoms with E-state index in [1.807, 2.05) is 39.0 Å². The van der Waals surface area contributed by atoms with E-state index >= 15 is 0 Å². The van der Waals surface area contributed by atoms with Crippen molar-refractivity contribution in [1.82, 2.24) is 9.62 Å². The topological polar surface area (TPSA) is 69.7 Å². The van der Waals surface area contributed by atoms with Crippen LogP contribution >= 0.6 is 0 Å². The van der Waals surface area contributed by atoms with Gasteiger partial charge in [0.1, 0.15) is 12.4 Å². The molecule has 1 amide bonds. The number of anilines is 1. The van der Waals surface area contributed by atoms with Gasteiger partial charge < -0.3 is 5.32 Å². The van der Waals surface area contributed by atoms with Gasteiger partial charge in [-0.25, -0.2) is 8.70 Å². The van der Waals surface area contributed by atoms with Gasteiger partial charge in [0, 0.05) is 14.1 Å². The molecule has 0 heterocycles. The fraction of sp³-hybridized carbons (Fsp3) is 0.381. The lowest BCUT2D eigenvalue weighted by molar-refractivity contribution is -0.120. The van der Waals surface area contributed by atoms with E-state index in [-0.39, 0.29) is 11.7 Å². The van der Waals surface area contributed by atoms with E-state index < -0.39 is 28.5 Å². The van der Waals surface area contributed by atoms with E-state index in [2.05, 4.69) is 5.32 Å². The van der Waals surface area contributed by atoms with Gasteiger partial charge in [0.2, 0.25) is 5.91 Å². The van der Waals surface area contributed by atoms with E-state index in [9.17, 15) is 17.6 Å². The molecule has 0 bridgehead atoms. The van der Waals surface area contributed by atoms with Gasteiger partial charge in [0.25, 0.3) is 0 Å². The zero-order valence-electron chi connectivity index (χ0n) is 17.4. The normalized spacial score (nSPS) is 12.7. The predicted molar refractivity (Wildman–Crippen MR) is 113 cm³/mol. The highest BCUT2D eigenvalue weighted by Crippen LogP contribution is 2.24. The summed E-state index contributed by atoms with van der Waals surface area (Å²) in [7, 11) is -1.39. The number of para-hydroxylation sites is 1. The molecule has 2 rings (SSSR count). The van der Waals surface area contributed by atoms with Crippen LogP contribution in [0.2, 0.25) is 0 Å². The Balaban J connectivity index is 2.31. The van der Waals surface area contributed by atoms with Crippen LogP contribution in [0.3, 0.4) is 0 Å². The number of nitrogens with one attached hydrogen (secondary N) is 1. The second-order valence-electron chi connectivity index (χ2n) is 7.14. The fourth-order valence-corrected chi connectivity index (χ4v) is 4.20. The Morgan fingerprint density at radius 2 is 1.79 bits per heavy atom. The minimum Gasteiger partial charge on any atom is -0.348 e. The van der Waals surface area contributed by atoms with Crippen molar-refractivity contribution in [1.29, 1.82) is 0 Å². The van der Waals surface area contributed by atoms with Crippen LogP contribution in [0.15, 0.2) is 42.5 Å². The molecule has 29 heavy (non-hydrogen) atoms. The van der Waals surface area contributed by atoms with Crippen LogP contribution in [0.1, 0.15) is 36.1 Å². The maximum absolute atomic E-state index is 14.3. The lowest BCUT2D eigenvalue weighted by Gasteiger charge is -2.28. The molecule has 1 unspecified atom stereocenters. The second kappa shape index (κ2) is 9.37. The minimum atomic E-state index is -4.06. The monoisotopic (exact) mass is 421 g/mol. The zero-order chi connectivity index (χ0) is 21.8. The number of carbonyl (C=O) groups excluding carboxylic acids is 1. The van der Waals surface area contributed by atoms with Crippen LogP contribution in [0, 0.1) is 19.7 Å². The molecule has 6 nitrogen and oxygen atoms in total. The lowest BCUT2D eigenvalue weighted by atomic mass is 9.97. The Morgan fingerprint density at radius 3 is 2.34 bits per heavy atom. The van der Waals surface area contributed by atoms with Crippen LogP contribution in [-0.4, -0.2) is 39.3 Å². The third-order valence-electron chi connectivity index (χ3n) is 4.69. The summed E-state index contributed by atoms with van der Waals surface area (Å²) in [6.07, 6.45) is 0.635. The molecular weight excluding hydrogens is 393 g/mol. The summed E-state index contributed by atoms with van der Waals surface area (Å²) < 4.78 is 41.5. The van der Waals surface area contributed by atoms with Gasteiger partial charge >= 0.3 is 10.2 Å². The van der Waals surface area contributed by atoms with Crippen LogP contribution < -0.4 is 9.62 Å². The summed E-state index contributed by atoms with van der Waals surface area (Å²) >= 11 is 0. The number of carbonyl (C=O) groups is 1.